The molecule has 154 valence electrons. The van der Waals surface area contributed by atoms with Crippen LogP contribution < -0.4 is 5.32 Å². The van der Waals surface area contributed by atoms with Crippen molar-refractivity contribution in [2.75, 3.05) is 25.0 Å². The van der Waals surface area contributed by atoms with Crippen LogP contribution in [0.2, 0.25) is 5.02 Å². The summed E-state index contributed by atoms with van der Waals surface area (Å²) in [6.45, 7) is 4.65. The molecule has 1 N–H and O–H groups in total. The molecule has 1 saturated heterocycles. The van der Waals surface area contributed by atoms with Crippen molar-refractivity contribution in [2.45, 2.75) is 26.7 Å². The maximum absolute atomic E-state index is 12.7. The molecule has 9 heteroatoms. The third-order valence-electron chi connectivity index (χ3n) is 4.66. The minimum Gasteiger partial charge on any atom is -0.462 e. The van der Waals surface area contributed by atoms with Gasteiger partial charge in [0.15, 0.2) is 5.13 Å². The van der Waals surface area contributed by atoms with Crippen molar-refractivity contribution in [2.24, 2.45) is 5.92 Å². The first kappa shape index (κ1) is 21.3. The van der Waals surface area contributed by atoms with Crippen molar-refractivity contribution in [1.82, 2.24) is 9.88 Å². The highest BCUT2D eigenvalue weighted by Crippen LogP contribution is 2.26. The molecule has 2 heterocycles. The summed E-state index contributed by atoms with van der Waals surface area (Å²) in [5.74, 6) is -1.10. The molecule has 1 aliphatic rings. The fourth-order valence-electron chi connectivity index (χ4n) is 3.19. The molecule has 1 aliphatic heterocycles. The van der Waals surface area contributed by atoms with Crippen molar-refractivity contribution < 1.29 is 19.1 Å². The Morgan fingerprint density at radius 1 is 1.31 bits per heavy atom. The molecular weight excluding hydrogens is 414 g/mol. The number of ether oxygens (including phenoxy) is 1. The van der Waals surface area contributed by atoms with Crippen LogP contribution in [0.1, 0.15) is 45.5 Å². The van der Waals surface area contributed by atoms with Crippen LogP contribution in [0.4, 0.5) is 5.13 Å². The zero-order valence-electron chi connectivity index (χ0n) is 16.2. The number of nitrogens with zero attached hydrogens (tertiary/aromatic N) is 2. The maximum Gasteiger partial charge on any atom is 0.350 e. The van der Waals surface area contributed by atoms with E-state index in [-0.39, 0.29) is 24.3 Å². The normalized spacial score (nSPS) is 16.4. The van der Waals surface area contributed by atoms with E-state index in [1.165, 1.54) is 0 Å². The summed E-state index contributed by atoms with van der Waals surface area (Å²) in [6.07, 6.45) is 1.42. The topological polar surface area (TPSA) is 88.6 Å². The average molecular weight is 436 g/mol. The summed E-state index contributed by atoms with van der Waals surface area (Å²) < 4.78 is 5.00. The van der Waals surface area contributed by atoms with Gasteiger partial charge < -0.3 is 15.0 Å². The highest BCUT2D eigenvalue weighted by Gasteiger charge is 2.30. The minimum atomic E-state index is -0.444. The second kappa shape index (κ2) is 9.37. The Morgan fingerprint density at radius 2 is 2.03 bits per heavy atom. The maximum atomic E-state index is 12.7. The number of rotatable bonds is 5. The lowest BCUT2D eigenvalue weighted by Gasteiger charge is -2.32. The first-order valence-corrected chi connectivity index (χ1v) is 10.6. The summed E-state index contributed by atoms with van der Waals surface area (Å²) >= 11 is 6.98. The Hall–Kier alpha value is -2.45. The van der Waals surface area contributed by atoms with E-state index in [1.807, 2.05) is 0 Å². The van der Waals surface area contributed by atoms with Gasteiger partial charge in [-0.15, -0.1) is 0 Å². The van der Waals surface area contributed by atoms with Crippen LogP contribution in [-0.2, 0) is 9.53 Å². The number of aromatic nitrogens is 1. The van der Waals surface area contributed by atoms with Gasteiger partial charge in [0.2, 0.25) is 5.91 Å². The number of esters is 1. The number of halogens is 1. The molecule has 3 rings (SSSR count). The Morgan fingerprint density at radius 3 is 2.72 bits per heavy atom. The number of amides is 2. The number of likely N-dealkylation sites (tertiary alicyclic amines) is 1. The molecule has 2 aromatic rings. The number of aryl methyl sites for hydroxylation is 1. The van der Waals surface area contributed by atoms with Crippen LogP contribution in [-0.4, -0.2) is 47.4 Å². The van der Waals surface area contributed by atoms with E-state index in [9.17, 15) is 14.4 Å². The van der Waals surface area contributed by atoms with Gasteiger partial charge in [-0.2, -0.15) is 0 Å². The summed E-state index contributed by atoms with van der Waals surface area (Å²) in [7, 11) is 0. The second-order valence-corrected chi connectivity index (χ2v) is 8.18. The van der Waals surface area contributed by atoms with Crippen molar-refractivity contribution in [3.8, 4) is 0 Å². The lowest BCUT2D eigenvalue weighted by Crippen LogP contribution is -2.43. The van der Waals surface area contributed by atoms with Gasteiger partial charge in [0.05, 0.1) is 18.2 Å². The number of carbonyl (C=O) groups is 3. The van der Waals surface area contributed by atoms with Crippen LogP contribution >= 0.6 is 22.9 Å². The van der Waals surface area contributed by atoms with Crippen molar-refractivity contribution in [3.05, 3.63) is 45.4 Å². The molecule has 0 aliphatic carbocycles. The average Bonchev–Trinajstić information content (AvgIpc) is 3.08. The van der Waals surface area contributed by atoms with Gasteiger partial charge in [0.25, 0.3) is 5.91 Å². The number of nitrogens with one attached hydrogen (secondary N) is 1. The van der Waals surface area contributed by atoms with Gasteiger partial charge in [0.1, 0.15) is 4.88 Å². The van der Waals surface area contributed by atoms with Crippen LogP contribution in [0.15, 0.2) is 24.3 Å². The fourth-order valence-corrected chi connectivity index (χ4v) is 4.18. The number of benzene rings is 1. The van der Waals surface area contributed by atoms with Gasteiger partial charge >= 0.3 is 5.97 Å². The lowest BCUT2D eigenvalue weighted by atomic mass is 9.96. The monoisotopic (exact) mass is 435 g/mol. The molecule has 1 aromatic heterocycles. The first-order valence-electron chi connectivity index (χ1n) is 9.39. The molecule has 1 fully saturated rings. The number of carbonyl (C=O) groups excluding carboxylic acids is 3. The van der Waals surface area contributed by atoms with E-state index in [0.29, 0.717) is 45.8 Å². The molecule has 1 atom stereocenters. The fraction of sp³-hybridized carbons (Fsp3) is 0.400. The van der Waals surface area contributed by atoms with E-state index in [4.69, 9.17) is 16.3 Å². The number of piperidine rings is 1. The smallest absolute Gasteiger partial charge is 0.350 e. The number of anilines is 1. The Bertz CT molecular complexity index is 913. The van der Waals surface area contributed by atoms with Gasteiger partial charge in [-0.1, -0.05) is 22.9 Å². The van der Waals surface area contributed by atoms with Crippen molar-refractivity contribution in [1.29, 1.82) is 0 Å². The lowest BCUT2D eigenvalue weighted by molar-refractivity contribution is -0.121. The Kier molecular flexibility index (Phi) is 6.87. The van der Waals surface area contributed by atoms with Gasteiger partial charge in [-0.3, -0.25) is 9.59 Å². The quantitative estimate of drug-likeness (QED) is 0.722. The van der Waals surface area contributed by atoms with E-state index < -0.39 is 5.97 Å². The molecular formula is C20H22ClN3O4S. The van der Waals surface area contributed by atoms with Gasteiger partial charge in [-0.25, -0.2) is 9.78 Å². The largest absolute Gasteiger partial charge is 0.462 e. The molecule has 0 spiro atoms. The van der Waals surface area contributed by atoms with Gasteiger partial charge in [0, 0.05) is 23.7 Å². The second-order valence-electron chi connectivity index (χ2n) is 6.74. The third-order valence-corrected chi connectivity index (χ3v) is 5.96. The van der Waals surface area contributed by atoms with Crippen LogP contribution in [0.25, 0.3) is 0 Å². The SMILES string of the molecule is CCOC(=O)c1sc(NC(=O)[C@H]2CCCN(C(=O)c3ccc(Cl)cc3)C2)nc1C. The predicted octanol–water partition coefficient (Wildman–Crippen LogP) is 3.77. The van der Waals surface area contributed by atoms with Crippen LogP contribution in [0, 0.1) is 12.8 Å². The highest BCUT2D eigenvalue weighted by atomic mass is 35.5. The number of hydrogen-bond donors (Lipinski definition) is 1. The standard InChI is InChI=1S/C20H22ClN3O4S/c1-3-28-19(27)16-12(2)22-20(29-16)23-17(25)14-5-4-10-24(11-14)18(26)13-6-8-15(21)9-7-13/h6-9,14H,3-5,10-11H2,1-2H3,(H,22,23,25)/t14-/m0/s1. The van der Waals surface area contributed by atoms with Crippen molar-refractivity contribution >= 4 is 45.9 Å². The molecule has 0 saturated carbocycles. The highest BCUT2D eigenvalue weighted by molar-refractivity contribution is 7.17. The molecule has 2 amide bonds. The predicted molar refractivity (Wildman–Crippen MR) is 112 cm³/mol. The molecule has 7 nitrogen and oxygen atoms in total. The summed E-state index contributed by atoms with van der Waals surface area (Å²) in [5.41, 5.74) is 1.07. The third kappa shape index (κ3) is 5.13. The first-order chi connectivity index (χ1) is 13.9. The Balaban J connectivity index is 1.64. The van der Waals surface area contributed by atoms with E-state index in [1.54, 1.807) is 43.0 Å². The van der Waals surface area contributed by atoms with Crippen LogP contribution in [0.3, 0.4) is 0 Å². The molecule has 1 aromatic carbocycles. The van der Waals surface area contributed by atoms with Gasteiger partial charge in [-0.05, 0) is 51.0 Å². The number of thiazole rings is 1. The molecule has 0 unspecified atom stereocenters. The van der Waals surface area contributed by atoms with E-state index in [2.05, 4.69) is 10.3 Å². The number of hydrogen-bond acceptors (Lipinski definition) is 6. The molecule has 0 bridgehead atoms. The summed E-state index contributed by atoms with van der Waals surface area (Å²) in [4.78, 5) is 43.7. The summed E-state index contributed by atoms with van der Waals surface area (Å²) in [5, 5.41) is 3.71. The zero-order chi connectivity index (χ0) is 21.0. The minimum absolute atomic E-state index is 0.117. The van der Waals surface area contributed by atoms with E-state index >= 15 is 0 Å². The molecule has 29 heavy (non-hydrogen) atoms. The van der Waals surface area contributed by atoms with Crippen molar-refractivity contribution in [3.63, 3.8) is 0 Å². The molecule has 0 radical (unpaired) electrons. The Labute approximate surface area is 178 Å². The summed E-state index contributed by atoms with van der Waals surface area (Å²) in [6, 6.07) is 6.72. The zero-order valence-corrected chi connectivity index (χ0v) is 17.8. The van der Waals surface area contributed by atoms with E-state index in [0.717, 1.165) is 17.8 Å². The van der Waals surface area contributed by atoms with Crippen LogP contribution in [0.5, 0.6) is 0 Å².